The molecule has 0 bridgehead atoms. The normalized spacial score (nSPS) is 18.2. The minimum absolute atomic E-state index is 0.149. The van der Waals surface area contributed by atoms with Crippen LogP contribution < -0.4 is 9.64 Å². The fourth-order valence-electron chi connectivity index (χ4n) is 3.19. The number of amides is 1. The minimum Gasteiger partial charge on any atom is -0.481 e. The van der Waals surface area contributed by atoms with Crippen LogP contribution >= 0.6 is 0 Å². The van der Waals surface area contributed by atoms with Crippen LogP contribution in [0, 0.1) is 0 Å². The Kier molecular flexibility index (Phi) is 5.48. The lowest BCUT2D eigenvalue weighted by Gasteiger charge is -2.31. The molecule has 1 aliphatic heterocycles. The molecule has 1 aromatic carbocycles. The van der Waals surface area contributed by atoms with E-state index in [0.29, 0.717) is 25.4 Å². The maximum Gasteiger partial charge on any atom is 0.224 e. The molecule has 6 nitrogen and oxygen atoms in total. The molecular weight excluding hydrogens is 316 g/mol. The van der Waals surface area contributed by atoms with Gasteiger partial charge in [-0.2, -0.15) is 0 Å². The lowest BCUT2D eigenvalue weighted by atomic mass is 10.1. The Bertz CT molecular complexity index is 708. The van der Waals surface area contributed by atoms with Crippen molar-refractivity contribution >= 4 is 11.7 Å². The van der Waals surface area contributed by atoms with Gasteiger partial charge < -0.3 is 14.5 Å². The highest BCUT2D eigenvalue weighted by Gasteiger charge is 2.29. The largest absolute Gasteiger partial charge is 0.481 e. The molecule has 0 aliphatic carbocycles. The summed E-state index contributed by atoms with van der Waals surface area (Å²) in [6, 6.07) is 12.1. The first kappa shape index (κ1) is 17.2. The smallest absolute Gasteiger partial charge is 0.224 e. The van der Waals surface area contributed by atoms with E-state index >= 15 is 0 Å². The van der Waals surface area contributed by atoms with E-state index < -0.39 is 0 Å². The number of carbonyl (C=O) groups is 1. The molecule has 2 heterocycles. The van der Waals surface area contributed by atoms with E-state index in [1.165, 1.54) is 6.33 Å². The Balaban J connectivity index is 1.80. The molecule has 0 unspecified atom stereocenters. The van der Waals surface area contributed by atoms with Gasteiger partial charge in [-0.05, 0) is 12.0 Å². The van der Waals surface area contributed by atoms with Gasteiger partial charge in [0.2, 0.25) is 11.8 Å². The average molecular weight is 340 g/mol. The van der Waals surface area contributed by atoms with Gasteiger partial charge in [-0.1, -0.05) is 37.3 Å². The Labute approximate surface area is 148 Å². The number of hydrogen-bond acceptors (Lipinski definition) is 5. The third kappa shape index (κ3) is 4.07. The standard InChI is InChI=1S/C19H24N4O2/c1-3-16-13-22(17-11-18(25-2)21-14-20-17)10-9-19(24)23(16)12-15-7-5-4-6-8-15/h4-8,11,14,16H,3,9-10,12-13H2,1-2H3/t16-/m1/s1. The fraction of sp³-hybridized carbons (Fsp3) is 0.421. The summed E-state index contributed by atoms with van der Waals surface area (Å²) in [7, 11) is 1.59. The van der Waals surface area contributed by atoms with Crippen LogP contribution in [0.4, 0.5) is 5.82 Å². The summed E-state index contributed by atoms with van der Waals surface area (Å²) in [5, 5.41) is 0. The highest BCUT2D eigenvalue weighted by atomic mass is 16.5. The molecular formula is C19H24N4O2. The third-order valence-electron chi connectivity index (χ3n) is 4.62. The molecule has 3 rings (SSSR count). The number of methoxy groups -OCH3 is 1. The van der Waals surface area contributed by atoms with Crippen LogP contribution in [0.1, 0.15) is 25.3 Å². The molecule has 1 fully saturated rings. The second-order valence-corrected chi connectivity index (χ2v) is 6.18. The highest BCUT2D eigenvalue weighted by Crippen LogP contribution is 2.22. The summed E-state index contributed by atoms with van der Waals surface area (Å²) in [5.74, 6) is 1.54. The summed E-state index contributed by atoms with van der Waals surface area (Å²) in [6.07, 6.45) is 2.89. The van der Waals surface area contributed by atoms with Gasteiger partial charge in [0.1, 0.15) is 12.1 Å². The molecule has 1 aliphatic rings. The van der Waals surface area contributed by atoms with Gasteiger partial charge in [-0.15, -0.1) is 0 Å². The van der Waals surface area contributed by atoms with E-state index in [-0.39, 0.29) is 11.9 Å². The number of anilines is 1. The maximum atomic E-state index is 12.7. The number of aromatic nitrogens is 2. The first-order valence-electron chi connectivity index (χ1n) is 8.65. The van der Waals surface area contributed by atoms with Crippen molar-refractivity contribution < 1.29 is 9.53 Å². The van der Waals surface area contributed by atoms with E-state index in [1.807, 2.05) is 29.2 Å². The topological polar surface area (TPSA) is 58.6 Å². The number of benzene rings is 1. The molecule has 132 valence electrons. The number of ether oxygens (including phenoxy) is 1. The Morgan fingerprint density at radius 2 is 2.04 bits per heavy atom. The van der Waals surface area contributed by atoms with Gasteiger partial charge in [0.05, 0.1) is 7.11 Å². The summed E-state index contributed by atoms with van der Waals surface area (Å²) in [6.45, 7) is 4.19. The highest BCUT2D eigenvalue weighted by molar-refractivity contribution is 5.78. The van der Waals surface area contributed by atoms with Crippen LogP contribution in [-0.2, 0) is 11.3 Å². The van der Waals surface area contributed by atoms with Gasteiger partial charge >= 0.3 is 0 Å². The maximum absolute atomic E-state index is 12.7. The SMILES string of the molecule is CC[C@@H]1CN(c2cc(OC)ncn2)CCC(=O)N1Cc1ccccc1. The minimum atomic E-state index is 0.149. The van der Waals surface area contributed by atoms with E-state index in [0.717, 1.165) is 24.3 Å². The zero-order chi connectivity index (χ0) is 17.6. The van der Waals surface area contributed by atoms with Gasteiger partial charge in [-0.25, -0.2) is 9.97 Å². The molecule has 1 aromatic heterocycles. The quantitative estimate of drug-likeness (QED) is 0.837. The monoisotopic (exact) mass is 340 g/mol. The van der Waals surface area contributed by atoms with Crippen molar-refractivity contribution in [3.63, 3.8) is 0 Å². The molecule has 0 spiro atoms. The van der Waals surface area contributed by atoms with E-state index in [4.69, 9.17) is 4.74 Å². The summed E-state index contributed by atoms with van der Waals surface area (Å²) < 4.78 is 5.20. The zero-order valence-electron chi connectivity index (χ0n) is 14.8. The second kappa shape index (κ2) is 7.96. The third-order valence-corrected chi connectivity index (χ3v) is 4.62. The van der Waals surface area contributed by atoms with Crippen molar-refractivity contribution in [1.29, 1.82) is 0 Å². The van der Waals surface area contributed by atoms with E-state index in [9.17, 15) is 4.79 Å². The second-order valence-electron chi connectivity index (χ2n) is 6.18. The van der Waals surface area contributed by atoms with Crippen molar-refractivity contribution in [2.75, 3.05) is 25.1 Å². The summed E-state index contributed by atoms with van der Waals surface area (Å²) in [5.41, 5.74) is 1.16. The summed E-state index contributed by atoms with van der Waals surface area (Å²) in [4.78, 5) is 25.3. The van der Waals surface area contributed by atoms with Crippen LogP contribution in [0.15, 0.2) is 42.7 Å². The Morgan fingerprint density at radius 1 is 1.24 bits per heavy atom. The molecule has 1 atom stereocenters. The Morgan fingerprint density at radius 3 is 2.76 bits per heavy atom. The number of hydrogen-bond donors (Lipinski definition) is 0. The number of carbonyl (C=O) groups excluding carboxylic acids is 1. The molecule has 1 saturated heterocycles. The molecule has 6 heteroatoms. The molecule has 0 saturated carbocycles. The lowest BCUT2D eigenvalue weighted by Crippen LogP contribution is -2.42. The van der Waals surface area contributed by atoms with Crippen molar-refractivity contribution in [2.45, 2.75) is 32.4 Å². The van der Waals surface area contributed by atoms with E-state index in [1.54, 1.807) is 7.11 Å². The van der Waals surface area contributed by atoms with Crippen molar-refractivity contribution in [2.24, 2.45) is 0 Å². The van der Waals surface area contributed by atoms with Crippen molar-refractivity contribution in [3.8, 4) is 5.88 Å². The van der Waals surface area contributed by atoms with Gasteiger partial charge in [0.15, 0.2) is 0 Å². The van der Waals surface area contributed by atoms with Crippen LogP contribution in [0.2, 0.25) is 0 Å². The first-order chi connectivity index (χ1) is 12.2. The van der Waals surface area contributed by atoms with Crippen LogP contribution in [0.5, 0.6) is 5.88 Å². The summed E-state index contributed by atoms with van der Waals surface area (Å²) >= 11 is 0. The lowest BCUT2D eigenvalue weighted by molar-refractivity contribution is -0.133. The van der Waals surface area contributed by atoms with Crippen molar-refractivity contribution in [1.82, 2.24) is 14.9 Å². The van der Waals surface area contributed by atoms with E-state index in [2.05, 4.69) is 33.9 Å². The van der Waals surface area contributed by atoms with Gasteiger partial charge in [0.25, 0.3) is 0 Å². The number of nitrogens with zero attached hydrogens (tertiary/aromatic N) is 4. The predicted octanol–water partition coefficient (Wildman–Crippen LogP) is 2.50. The number of rotatable bonds is 5. The zero-order valence-corrected chi connectivity index (χ0v) is 14.8. The Hall–Kier alpha value is -2.63. The predicted molar refractivity (Wildman–Crippen MR) is 96.5 cm³/mol. The van der Waals surface area contributed by atoms with Crippen LogP contribution in [0.25, 0.3) is 0 Å². The van der Waals surface area contributed by atoms with Gasteiger partial charge in [0, 0.05) is 38.2 Å². The first-order valence-corrected chi connectivity index (χ1v) is 8.65. The van der Waals surface area contributed by atoms with Crippen LogP contribution in [0.3, 0.4) is 0 Å². The molecule has 2 aromatic rings. The molecule has 25 heavy (non-hydrogen) atoms. The average Bonchev–Trinajstić information content (AvgIpc) is 2.82. The molecule has 1 amide bonds. The fourth-order valence-corrected chi connectivity index (χ4v) is 3.19. The van der Waals surface area contributed by atoms with Crippen molar-refractivity contribution in [3.05, 3.63) is 48.3 Å². The van der Waals surface area contributed by atoms with Gasteiger partial charge in [-0.3, -0.25) is 4.79 Å². The van der Waals surface area contributed by atoms with Crippen LogP contribution in [-0.4, -0.2) is 47.0 Å². The molecule has 0 N–H and O–H groups in total. The molecule has 0 radical (unpaired) electrons.